The lowest BCUT2D eigenvalue weighted by Crippen LogP contribution is -1.97. The van der Waals surface area contributed by atoms with E-state index in [1.54, 1.807) is 0 Å². The molecule has 2 heteroatoms. The third-order valence-corrected chi connectivity index (χ3v) is 2.91. The van der Waals surface area contributed by atoms with E-state index in [2.05, 4.69) is 12.1 Å². The van der Waals surface area contributed by atoms with Gasteiger partial charge < -0.3 is 4.74 Å². The van der Waals surface area contributed by atoms with Crippen molar-refractivity contribution in [2.75, 3.05) is 0 Å². The van der Waals surface area contributed by atoms with Crippen LogP contribution in [0.2, 0.25) is 5.02 Å². The lowest BCUT2D eigenvalue weighted by Gasteiger charge is -2.10. The highest BCUT2D eigenvalue weighted by Crippen LogP contribution is 2.42. The molecule has 0 heterocycles. The van der Waals surface area contributed by atoms with Crippen LogP contribution < -0.4 is 0 Å². The van der Waals surface area contributed by atoms with Gasteiger partial charge >= 0.3 is 0 Å². The topological polar surface area (TPSA) is 9.23 Å². The van der Waals surface area contributed by atoms with E-state index in [0.717, 1.165) is 5.02 Å². The molecule has 0 bridgehead atoms. The van der Waals surface area contributed by atoms with E-state index in [1.807, 2.05) is 32.2 Å². The van der Waals surface area contributed by atoms with Crippen molar-refractivity contribution in [3.63, 3.8) is 0 Å². The summed E-state index contributed by atoms with van der Waals surface area (Å²) in [4.78, 5) is 0. The van der Waals surface area contributed by atoms with E-state index in [4.69, 9.17) is 16.3 Å². The lowest BCUT2D eigenvalue weighted by molar-refractivity contribution is 0.180. The fourth-order valence-corrected chi connectivity index (χ4v) is 1.77. The standard InChI is InChI=1S/C14H17ClO/c1-10(2)16-9-14(11-3-4-11)12-5-7-13(15)8-6-12/h5-11H,3-4H2,1-2H3. The predicted octanol–water partition coefficient (Wildman–Crippen LogP) is 4.52. The van der Waals surface area contributed by atoms with Gasteiger partial charge in [-0.25, -0.2) is 0 Å². The van der Waals surface area contributed by atoms with Gasteiger partial charge in [-0.05, 0) is 55.9 Å². The van der Waals surface area contributed by atoms with Crippen LogP contribution in [0.3, 0.4) is 0 Å². The number of rotatable bonds is 4. The average molecular weight is 237 g/mol. The largest absolute Gasteiger partial charge is 0.498 e. The summed E-state index contributed by atoms with van der Waals surface area (Å²) in [6.45, 7) is 4.09. The fourth-order valence-electron chi connectivity index (χ4n) is 1.65. The molecule has 0 N–H and O–H groups in total. The average Bonchev–Trinajstić information content (AvgIpc) is 3.04. The molecule has 16 heavy (non-hydrogen) atoms. The maximum absolute atomic E-state index is 5.89. The van der Waals surface area contributed by atoms with Crippen molar-refractivity contribution in [2.45, 2.75) is 32.8 Å². The van der Waals surface area contributed by atoms with Gasteiger partial charge in [0.2, 0.25) is 0 Å². The van der Waals surface area contributed by atoms with Crippen molar-refractivity contribution < 1.29 is 4.74 Å². The zero-order valence-electron chi connectivity index (χ0n) is 9.74. The van der Waals surface area contributed by atoms with Gasteiger partial charge in [0, 0.05) is 5.02 Å². The molecule has 0 aromatic heterocycles. The molecule has 0 unspecified atom stereocenters. The number of allylic oxidation sites excluding steroid dienone is 1. The molecule has 0 amide bonds. The van der Waals surface area contributed by atoms with E-state index in [1.165, 1.54) is 24.0 Å². The van der Waals surface area contributed by atoms with Crippen LogP contribution in [0.5, 0.6) is 0 Å². The zero-order chi connectivity index (χ0) is 11.5. The molecule has 1 nitrogen and oxygen atoms in total. The predicted molar refractivity (Wildman–Crippen MR) is 68.4 cm³/mol. The molecule has 0 spiro atoms. The molecule has 0 saturated heterocycles. The van der Waals surface area contributed by atoms with Gasteiger partial charge in [0.05, 0.1) is 12.4 Å². The Morgan fingerprint density at radius 2 is 1.94 bits per heavy atom. The molecule has 0 atom stereocenters. The molecule has 1 saturated carbocycles. The van der Waals surface area contributed by atoms with Crippen molar-refractivity contribution in [3.8, 4) is 0 Å². The van der Waals surface area contributed by atoms with Gasteiger partial charge in [0.1, 0.15) is 0 Å². The zero-order valence-corrected chi connectivity index (χ0v) is 10.5. The maximum Gasteiger partial charge on any atom is 0.0922 e. The summed E-state index contributed by atoms with van der Waals surface area (Å²) in [7, 11) is 0. The Kier molecular flexibility index (Phi) is 3.55. The number of hydrogen-bond donors (Lipinski definition) is 0. The summed E-state index contributed by atoms with van der Waals surface area (Å²) in [5.41, 5.74) is 2.54. The highest BCUT2D eigenvalue weighted by Gasteiger charge is 2.27. The van der Waals surface area contributed by atoms with E-state index in [0.29, 0.717) is 5.92 Å². The third-order valence-electron chi connectivity index (χ3n) is 2.66. The minimum atomic E-state index is 0.237. The van der Waals surface area contributed by atoms with Gasteiger partial charge in [-0.3, -0.25) is 0 Å². The summed E-state index contributed by atoms with van der Waals surface area (Å²) >= 11 is 5.89. The van der Waals surface area contributed by atoms with Crippen LogP contribution in [-0.4, -0.2) is 6.10 Å². The molecule has 1 aliphatic carbocycles. The van der Waals surface area contributed by atoms with Crippen molar-refractivity contribution in [1.82, 2.24) is 0 Å². The van der Waals surface area contributed by atoms with Crippen LogP contribution in [0.4, 0.5) is 0 Å². The van der Waals surface area contributed by atoms with Gasteiger partial charge in [0.25, 0.3) is 0 Å². The van der Waals surface area contributed by atoms with E-state index in [9.17, 15) is 0 Å². The summed E-state index contributed by atoms with van der Waals surface area (Å²) < 4.78 is 5.59. The molecule has 2 rings (SSSR count). The molecule has 1 aliphatic rings. The van der Waals surface area contributed by atoms with E-state index >= 15 is 0 Å². The highest BCUT2D eigenvalue weighted by molar-refractivity contribution is 6.30. The number of ether oxygens (including phenoxy) is 1. The van der Waals surface area contributed by atoms with Crippen LogP contribution in [0, 0.1) is 5.92 Å². The lowest BCUT2D eigenvalue weighted by atomic mass is 10.0. The van der Waals surface area contributed by atoms with Gasteiger partial charge in [-0.15, -0.1) is 0 Å². The molecule has 86 valence electrons. The Labute approximate surface area is 102 Å². The minimum Gasteiger partial charge on any atom is -0.498 e. The Morgan fingerprint density at radius 3 is 2.44 bits per heavy atom. The van der Waals surface area contributed by atoms with Gasteiger partial charge in [-0.2, -0.15) is 0 Å². The van der Waals surface area contributed by atoms with Crippen LogP contribution in [0.25, 0.3) is 5.57 Å². The minimum absolute atomic E-state index is 0.237. The molecular formula is C14H17ClO. The van der Waals surface area contributed by atoms with Gasteiger partial charge in [-0.1, -0.05) is 23.7 Å². The van der Waals surface area contributed by atoms with Gasteiger partial charge in [0.15, 0.2) is 0 Å². The molecule has 1 aromatic carbocycles. The second-order valence-electron chi connectivity index (χ2n) is 4.54. The SMILES string of the molecule is CC(C)OC=C(c1ccc(Cl)cc1)C1CC1. The Bertz CT molecular complexity index is 374. The van der Waals surface area contributed by atoms with Crippen molar-refractivity contribution in [3.05, 3.63) is 41.1 Å². The Hall–Kier alpha value is -0.950. The van der Waals surface area contributed by atoms with Crippen LogP contribution >= 0.6 is 11.6 Å². The normalized spacial score (nSPS) is 16.6. The quantitative estimate of drug-likeness (QED) is 0.699. The van der Waals surface area contributed by atoms with E-state index < -0.39 is 0 Å². The van der Waals surface area contributed by atoms with Crippen molar-refractivity contribution in [2.24, 2.45) is 5.92 Å². The molecule has 1 fully saturated rings. The first kappa shape index (κ1) is 11.5. The second-order valence-corrected chi connectivity index (χ2v) is 4.98. The Morgan fingerprint density at radius 1 is 1.31 bits per heavy atom. The monoisotopic (exact) mass is 236 g/mol. The first-order valence-electron chi connectivity index (χ1n) is 5.78. The summed E-state index contributed by atoms with van der Waals surface area (Å²) in [5.74, 6) is 0.680. The first-order chi connectivity index (χ1) is 7.66. The highest BCUT2D eigenvalue weighted by atomic mass is 35.5. The second kappa shape index (κ2) is 4.92. The first-order valence-corrected chi connectivity index (χ1v) is 6.16. The molecule has 1 aromatic rings. The van der Waals surface area contributed by atoms with Crippen molar-refractivity contribution >= 4 is 17.2 Å². The molecular weight excluding hydrogens is 220 g/mol. The Balaban J connectivity index is 2.18. The number of hydrogen-bond acceptors (Lipinski definition) is 1. The number of halogens is 1. The summed E-state index contributed by atoms with van der Waals surface area (Å²) in [5, 5.41) is 0.781. The van der Waals surface area contributed by atoms with Crippen molar-refractivity contribution in [1.29, 1.82) is 0 Å². The summed E-state index contributed by atoms with van der Waals surface area (Å²) in [6.07, 6.45) is 4.71. The number of benzene rings is 1. The van der Waals surface area contributed by atoms with Crippen LogP contribution in [-0.2, 0) is 4.74 Å². The summed E-state index contributed by atoms with van der Waals surface area (Å²) in [6, 6.07) is 8.00. The third kappa shape index (κ3) is 3.02. The van der Waals surface area contributed by atoms with E-state index in [-0.39, 0.29) is 6.10 Å². The smallest absolute Gasteiger partial charge is 0.0922 e. The molecule has 0 radical (unpaired) electrons. The fraction of sp³-hybridized carbons (Fsp3) is 0.429. The van der Waals surface area contributed by atoms with Crippen LogP contribution in [0.15, 0.2) is 30.5 Å². The molecule has 0 aliphatic heterocycles. The maximum atomic E-state index is 5.89. The van der Waals surface area contributed by atoms with Crippen LogP contribution in [0.1, 0.15) is 32.3 Å².